The quantitative estimate of drug-likeness (QED) is 0.675. The molecular formula is C9H16BF3NO-. The van der Waals surface area contributed by atoms with Gasteiger partial charge < -0.3 is 17.7 Å². The Hall–Kier alpha value is -0.485. The average Bonchev–Trinajstić information content (AvgIpc) is 2.16. The molecule has 1 rings (SSSR count). The second-order valence-electron chi connectivity index (χ2n) is 3.87. The van der Waals surface area contributed by atoms with Crippen molar-refractivity contribution in [3.05, 3.63) is 12.1 Å². The molecule has 0 aliphatic carbocycles. The van der Waals surface area contributed by atoms with E-state index in [0.29, 0.717) is 19.7 Å². The van der Waals surface area contributed by atoms with Crippen LogP contribution in [0.1, 0.15) is 13.3 Å². The van der Waals surface area contributed by atoms with E-state index in [-0.39, 0.29) is 12.6 Å². The van der Waals surface area contributed by atoms with Crippen LogP contribution in [0.5, 0.6) is 0 Å². The SMILES string of the molecule is C=C(CN1CCOC(CC)C1)[B-](F)(F)F. The Bertz CT molecular complexity index is 232. The molecule has 1 saturated heterocycles. The number of rotatable bonds is 4. The van der Waals surface area contributed by atoms with Crippen molar-refractivity contribution in [1.82, 2.24) is 4.90 Å². The van der Waals surface area contributed by atoms with Gasteiger partial charge in [-0.3, -0.25) is 4.90 Å². The Labute approximate surface area is 88.1 Å². The molecule has 0 aromatic heterocycles. The van der Waals surface area contributed by atoms with Gasteiger partial charge in [0.05, 0.1) is 12.7 Å². The van der Waals surface area contributed by atoms with Gasteiger partial charge in [0, 0.05) is 13.1 Å². The molecule has 0 aromatic rings. The largest absolute Gasteiger partial charge is 0.506 e. The molecule has 1 atom stereocenters. The third-order valence-electron chi connectivity index (χ3n) is 2.57. The minimum Gasteiger partial charge on any atom is -0.445 e. The summed E-state index contributed by atoms with van der Waals surface area (Å²) in [7, 11) is 0. The monoisotopic (exact) mass is 222 g/mol. The van der Waals surface area contributed by atoms with Gasteiger partial charge in [-0.15, -0.1) is 12.1 Å². The predicted octanol–water partition coefficient (Wildman–Crippen LogP) is 2.04. The Morgan fingerprint density at radius 3 is 2.73 bits per heavy atom. The van der Waals surface area contributed by atoms with E-state index in [2.05, 4.69) is 6.58 Å². The maximum absolute atomic E-state index is 12.3. The van der Waals surface area contributed by atoms with E-state index in [1.54, 1.807) is 4.90 Å². The van der Waals surface area contributed by atoms with Gasteiger partial charge in [-0.2, -0.15) is 0 Å². The second kappa shape index (κ2) is 5.03. The fourth-order valence-electron chi connectivity index (χ4n) is 1.56. The fraction of sp³-hybridized carbons (Fsp3) is 0.778. The van der Waals surface area contributed by atoms with Crippen LogP contribution in [-0.4, -0.2) is 44.2 Å². The lowest BCUT2D eigenvalue weighted by atomic mass is 9.80. The summed E-state index contributed by atoms with van der Waals surface area (Å²) in [6, 6.07) is 0. The lowest BCUT2D eigenvalue weighted by Crippen LogP contribution is -2.44. The van der Waals surface area contributed by atoms with E-state index in [4.69, 9.17) is 4.74 Å². The van der Waals surface area contributed by atoms with Crippen LogP contribution in [0, 0.1) is 0 Å². The summed E-state index contributed by atoms with van der Waals surface area (Å²) < 4.78 is 42.2. The van der Waals surface area contributed by atoms with Crippen molar-refractivity contribution in [2.24, 2.45) is 0 Å². The average molecular weight is 222 g/mol. The molecule has 1 heterocycles. The van der Waals surface area contributed by atoms with Crippen molar-refractivity contribution < 1.29 is 17.7 Å². The molecule has 0 bridgehead atoms. The Balaban J connectivity index is 2.41. The lowest BCUT2D eigenvalue weighted by Gasteiger charge is -2.34. The second-order valence-corrected chi connectivity index (χ2v) is 3.87. The number of ether oxygens (including phenoxy) is 1. The molecule has 15 heavy (non-hydrogen) atoms. The highest BCUT2D eigenvalue weighted by molar-refractivity contribution is 6.66. The molecule has 0 saturated carbocycles. The van der Waals surface area contributed by atoms with Crippen molar-refractivity contribution in [1.29, 1.82) is 0 Å². The van der Waals surface area contributed by atoms with E-state index in [1.807, 2.05) is 6.92 Å². The molecular weight excluding hydrogens is 206 g/mol. The summed E-state index contributed by atoms with van der Waals surface area (Å²) in [5, 5.41) is 0. The van der Waals surface area contributed by atoms with Crippen molar-refractivity contribution in [3.63, 3.8) is 0 Å². The molecule has 0 aromatic carbocycles. The molecule has 0 radical (unpaired) electrons. The molecule has 1 aliphatic heterocycles. The van der Waals surface area contributed by atoms with Gasteiger partial charge in [-0.25, -0.2) is 0 Å². The van der Waals surface area contributed by atoms with Crippen molar-refractivity contribution in [2.45, 2.75) is 19.4 Å². The molecule has 1 fully saturated rings. The van der Waals surface area contributed by atoms with Crippen LogP contribution in [0.4, 0.5) is 12.9 Å². The molecule has 2 nitrogen and oxygen atoms in total. The van der Waals surface area contributed by atoms with Crippen molar-refractivity contribution >= 4 is 6.98 Å². The third kappa shape index (κ3) is 3.87. The highest BCUT2D eigenvalue weighted by atomic mass is 19.4. The van der Waals surface area contributed by atoms with E-state index < -0.39 is 12.4 Å². The highest BCUT2D eigenvalue weighted by Gasteiger charge is 2.29. The summed E-state index contributed by atoms with van der Waals surface area (Å²) >= 11 is 0. The predicted molar refractivity (Wildman–Crippen MR) is 54.7 cm³/mol. The molecule has 0 amide bonds. The molecule has 0 N–H and O–H groups in total. The molecule has 88 valence electrons. The Morgan fingerprint density at radius 2 is 2.20 bits per heavy atom. The number of morpholine rings is 1. The van der Waals surface area contributed by atoms with E-state index in [1.165, 1.54) is 0 Å². The maximum Gasteiger partial charge on any atom is 0.506 e. The minimum atomic E-state index is -4.90. The van der Waals surface area contributed by atoms with Gasteiger partial charge in [-0.1, -0.05) is 6.92 Å². The summed E-state index contributed by atoms with van der Waals surface area (Å²) in [6.07, 6.45) is 0.896. The van der Waals surface area contributed by atoms with E-state index in [9.17, 15) is 12.9 Å². The van der Waals surface area contributed by atoms with Gasteiger partial charge in [0.25, 0.3) is 0 Å². The zero-order valence-corrected chi connectivity index (χ0v) is 8.89. The number of nitrogens with zero attached hydrogens (tertiary/aromatic N) is 1. The van der Waals surface area contributed by atoms with Gasteiger partial charge in [-0.05, 0) is 13.0 Å². The van der Waals surface area contributed by atoms with E-state index in [0.717, 1.165) is 6.42 Å². The fourth-order valence-corrected chi connectivity index (χ4v) is 1.56. The first-order valence-electron chi connectivity index (χ1n) is 5.15. The Kier molecular flexibility index (Phi) is 4.22. The first-order chi connectivity index (χ1) is 6.93. The summed E-state index contributed by atoms with van der Waals surface area (Å²) in [6.45, 7) is 1.72. The van der Waals surface area contributed by atoms with Crippen LogP contribution in [0.25, 0.3) is 0 Å². The topological polar surface area (TPSA) is 12.5 Å². The zero-order chi connectivity index (χ0) is 11.5. The molecule has 6 heteroatoms. The van der Waals surface area contributed by atoms with Crippen molar-refractivity contribution in [2.75, 3.05) is 26.2 Å². The summed E-state index contributed by atoms with van der Waals surface area (Å²) in [5.41, 5.74) is -0.619. The molecule has 1 unspecified atom stereocenters. The smallest absolute Gasteiger partial charge is 0.445 e. The Morgan fingerprint density at radius 1 is 1.53 bits per heavy atom. The first-order valence-corrected chi connectivity index (χ1v) is 5.15. The zero-order valence-electron chi connectivity index (χ0n) is 8.89. The van der Waals surface area contributed by atoms with Gasteiger partial charge in [0.1, 0.15) is 0 Å². The molecule has 1 aliphatic rings. The van der Waals surface area contributed by atoms with Crippen LogP contribution in [0.2, 0.25) is 0 Å². The van der Waals surface area contributed by atoms with Crippen LogP contribution in [0.3, 0.4) is 0 Å². The minimum absolute atomic E-state index is 0.0623. The van der Waals surface area contributed by atoms with Gasteiger partial charge in [0.2, 0.25) is 0 Å². The molecule has 0 spiro atoms. The number of hydrogen-bond donors (Lipinski definition) is 0. The van der Waals surface area contributed by atoms with E-state index >= 15 is 0 Å². The lowest BCUT2D eigenvalue weighted by molar-refractivity contribution is -0.0263. The van der Waals surface area contributed by atoms with Crippen LogP contribution in [0.15, 0.2) is 12.1 Å². The van der Waals surface area contributed by atoms with Gasteiger partial charge >= 0.3 is 6.98 Å². The normalized spacial score (nSPS) is 24.1. The number of hydrogen-bond acceptors (Lipinski definition) is 2. The highest BCUT2D eigenvalue weighted by Crippen LogP contribution is 2.20. The first kappa shape index (κ1) is 12.6. The van der Waals surface area contributed by atoms with Gasteiger partial charge in [0.15, 0.2) is 0 Å². The summed E-state index contributed by atoms with van der Waals surface area (Å²) in [5.74, 6) is 0. The van der Waals surface area contributed by atoms with Crippen LogP contribution in [-0.2, 0) is 4.74 Å². The van der Waals surface area contributed by atoms with Crippen molar-refractivity contribution in [3.8, 4) is 0 Å². The summed E-state index contributed by atoms with van der Waals surface area (Å²) in [4.78, 5) is 1.76. The standard InChI is InChI=1S/C9H16BF3NO/c1-3-9-7-14(4-5-15-9)6-8(2)10(11,12)13/h9H,2-7H2,1H3/q-1. The van der Waals surface area contributed by atoms with Crippen LogP contribution < -0.4 is 0 Å². The number of halogens is 3. The van der Waals surface area contributed by atoms with Crippen LogP contribution >= 0.6 is 0 Å². The maximum atomic E-state index is 12.3. The third-order valence-corrected chi connectivity index (χ3v) is 2.57.